The van der Waals surface area contributed by atoms with Gasteiger partial charge in [-0.15, -0.1) is 0 Å². The van der Waals surface area contributed by atoms with Crippen molar-refractivity contribution in [2.75, 3.05) is 0 Å². The molecule has 3 heterocycles. The van der Waals surface area contributed by atoms with Crippen LogP contribution in [0.15, 0.2) is 0 Å². The molecule has 0 aromatic rings. The monoisotopic (exact) mass is 646 g/mol. The normalized spacial score (nSPS) is 54.4. The van der Waals surface area contributed by atoms with Crippen molar-refractivity contribution in [3.8, 4) is 0 Å². The van der Waals surface area contributed by atoms with Gasteiger partial charge in [0.05, 0.1) is 5.66 Å². The van der Waals surface area contributed by atoms with Gasteiger partial charge in [-0.25, -0.2) is 0 Å². The average Bonchev–Trinajstić information content (AvgIpc) is 3.27. The SMILES string of the molecule is CC(C)C1CC(C)C(C)N2C(C(C)C)C(C)CC(C)C3C[C@]24CC(C(C)C(C)C(C)C(S)C(N)C(C)C(C)C3C)C(C)N4C1C. The zero-order valence-electron chi connectivity index (χ0n) is 32.8. The standard InChI is InChI=1S/C41H79N3S/c1-21(2)35-18-23(5)32(14)44-39(22(3)4)25(7)17-24(6)36-19-41(44)20-37(34(16)43(41)33(35)15)29(11)27(9)31(13)40(45)38(42)30(12)26(8)28(36)10/h21-40,45H,17-20,42H2,1-16H3/t23?,24?,25?,26?,27?,28?,29?,30?,31?,32?,33?,34?,35?,36?,37?,38?,39?,40?,41-/m1/s1. The maximum atomic E-state index is 7.20. The molecule has 4 rings (SSSR count). The fraction of sp³-hybridized carbons (Fsp3) is 1.00. The summed E-state index contributed by atoms with van der Waals surface area (Å²) in [5, 5.41) is 0.228. The van der Waals surface area contributed by atoms with Crippen molar-refractivity contribution in [1.82, 2.24) is 9.80 Å². The van der Waals surface area contributed by atoms with Crippen molar-refractivity contribution in [2.45, 2.75) is 178 Å². The van der Waals surface area contributed by atoms with E-state index in [4.69, 9.17) is 18.4 Å². The minimum Gasteiger partial charge on any atom is -0.326 e. The molecule has 19 atom stereocenters. The van der Waals surface area contributed by atoms with Gasteiger partial charge in [-0.3, -0.25) is 9.80 Å². The molecule has 45 heavy (non-hydrogen) atoms. The van der Waals surface area contributed by atoms with E-state index in [1.807, 2.05) is 0 Å². The lowest BCUT2D eigenvalue weighted by Crippen LogP contribution is -2.72. The Morgan fingerprint density at radius 1 is 0.556 bits per heavy atom. The zero-order chi connectivity index (χ0) is 34.0. The molecule has 1 spiro atoms. The van der Waals surface area contributed by atoms with Gasteiger partial charge in [0, 0.05) is 35.5 Å². The number of nitrogens with zero attached hydrogens (tertiary/aromatic N) is 2. The minimum atomic E-state index is 0.0816. The molecule has 264 valence electrons. The molecule has 2 N–H and O–H groups in total. The number of nitrogens with two attached hydrogens (primary N) is 1. The molecule has 0 aromatic heterocycles. The Morgan fingerprint density at radius 2 is 1.09 bits per heavy atom. The molecule has 18 unspecified atom stereocenters. The van der Waals surface area contributed by atoms with E-state index in [0.717, 1.165) is 5.92 Å². The summed E-state index contributed by atoms with van der Waals surface area (Å²) in [5.41, 5.74) is 7.28. The lowest BCUT2D eigenvalue weighted by Gasteiger charge is -2.63. The molecule has 3 aliphatic heterocycles. The third kappa shape index (κ3) is 6.49. The number of rotatable bonds is 2. The highest BCUT2D eigenvalue weighted by atomic mass is 32.1. The van der Waals surface area contributed by atoms with Gasteiger partial charge in [0.2, 0.25) is 0 Å². The molecular formula is C41H79N3S. The fourth-order valence-corrected chi connectivity index (χ4v) is 13.2. The highest BCUT2D eigenvalue weighted by Crippen LogP contribution is 2.58. The molecular weight excluding hydrogens is 567 g/mol. The van der Waals surface area contributed by atoms with Crippen LogP contribution < -0.4 is 5.73 Å². The largest absolute Gasteiger partial charge is 0.326 e. The minimum absolute atomic E-state index is 0.0816. The zero-order valence-corrected chi connectivity index (χ0v) is 33.7. The van der Waals surface area contributed by atoms with Crippen LogP contribution in [0, 0.1) is 82.9 Å². The highest BCUT2D eigenvalue weighted by molar-refractivity contribution is 7.81. The summed E-state index contributed by atoms with van der Waals surface area (Å²) in [4.78, 5) is 6.48. The van der Waals surface area contributed by atoms with Gasteiger partial charge in [0.15, 0.2) is 0 Å². The van der Waals surface area contributed by atoms with E-state index in [1.54, 1.807) is 0 Å². The third-order valence-corrected chi connectivity index (χ3v) is 17.1. The molecule has 4 aliphatic rings. The van der Waals surface area contributed by atoms with E-state index in [-0.39, 0.29) is 17.0 Å². The van der Waals surface area contributed by atoms with Crippen LogP contribution in [0.4, 0.5) is 0 Å². The first-order chi connectivity index (χ1) is 20.8. The Labute approximate surface area is 287 Å². The molecule has 0 amide bonds. The lowest BCUT2D eigenvalue weighted by molar-refractivity contribution is -0.183. The predicted octanol–water partition coefficient (Wildman–Crippen LogP) is 9.95. The topological polar surface area (TPSA) is 32.5 Å². The van der Waals surface area contributed by atoms with Crippen molar-refractivity contribution in [2.24, 2.45) is 88.6 Å². The molecule has 0 radical (unpaired) electrons. The van der Waals surface area contributed by atoms with E-state index >= 15 is 0 Å². The second-order valence-electron chi connectivity index (χ2n) is 19.0. The number of thiol groups is 1. The van der Waals surface area contributed by atoms with Gasteiger partial charge < -0.3 is 5.73 Å². The number of hydrogen-bond donors (Lipinski definition) is 2. The van der Waals surface area contributed by atoms with Crippen molar-refractivity contribution in [1.29, 1.82) is 0 Å². The van der Waals surface area contributed by atoms with Gasteiger partial charge in [0.1, 0.15) is 0 Å². The maximum Gasteiger partial charge on any atom is 0.0753 e. The van der Waals surface area contributed by atoms with E-state index < -0.39 is 0 Å². The average molecular weight is 646 g/mol. The maximum absolute atomic E-state index is 7.20. The smallest absolute Gasteiger partial charge is 0.0753 e. The van der Waals surface area contributed by atoms with Gasteiger partial charge in [-0.1, -0.05) is 90.0 Å². The number of fused-ring (bicyclic) bond motifs is 2. The molecule has 0 aromatic carbocycles. The second kappa shape index (κ2) is 14.2. The van der Waals surface area contributed by atoms with Crippen molar-refractivity contribution in [3.63, 3.8) is 0 Å². The van der Waals surface area contributed by atoms with Crippen LogP contribution in [0.25, 0.3) is 0 Å². The Balaban J connectivity index is 2.06. The fourth-order valence-electron chi connectivity index (χ4n) is 12.7. The Bertz CT molecular complexity index is 968. The molecule has 3 saturated heterocycles. The summed E-state index contributed by atoms with van der Waals surface area (Å²) in [6.07, 6.45) is 5.30. The Kier molecular flexibility index (Phi) is 12.0. The summed E-state index contributed by atoms with van der Waals surface area (Å²) in [6, 6.07) is 2.44. The first-order valence-corrected chi connectivity index (χ1v) is 20.3. The summed E-state index contributed by atoms with van der Waals surface area (Å²) in [6.45, 7) is 41.3. The highest BCUT2D eigenvalue weighted by Gasteiger charge is 2.63. The van der Waals surface area contributed by atoms with Crippen LogP contribution in [0.1, 0.15) is 136 Å². The molecule has 3 bridgehead atoms. The van der Waals surface area contributed by atoms with Crippen molar-refractivity contribution < 1.29 is 0 Å². The first kappa shape index (κ1) is 38.0. The van der Waals surface area contributed by atoms with E-state index in [9.17, 15) is 0 Å². The Hall–Kier alpha value is 0.230. The van der Waals surface area contributed by atoms with E-state index in [1.165, 1.54) is 25.7 Å². The van der Waals surface area contributed by atoms with Crippen molar-refractivity contribution in [3.05, 3.63) is 0 Å². The van der Waals surface area contributed by atoms with E-state index in [0.29, 0.717) is 101 Å². The van der Waals surface area contributed by atoms with Gasteiger partial charge >= 0.3 is 0 Å². The van der Waals surface area contributed by atoms with Crippen LogP contribution in [0.3, 0.4) is 0 Å². The first-order valence-electron chi connectivity index (χ1n) is 19.8. The third-order valence-electron chi connectivity index (χ3n) is 16.2. The summed E-state index contributed by atoms with van der Waals surface area (Å²) in [7, 11) is 0. The van der Waals surface area contributed by atoms with Crippen LogP contribution in [0.2, 0.25) is 0 Å². The lowest BCUT2D eigenvalue weighted by atomic mass is 9.63. The molecule has 1 aliphatic carbocycles. The van der Waals surface area contributed by atoms with Crippen LogP contribution in [0.5, 0.6) is 0 Å². The van der Waals surface area contributed by atoms with Crippen LogP contribution >= 0.6 is 12.6 Å². The summed E-state index contributed by atoms with van der Waals surface area (Å²) < 4.78 is 0. The van der Waals surface area contributed by atoms with E-state index in [2.05, 4.69) is 121 Å². The van der Waals surface area contributed by atoms with Crippen molar-refractivity contribution >= 4 is 12.6 Å². The van der Waals surface area contributed by atoms with Gasteiger partial charge in [-0.05, 0) is 129 Å². The summed E-state index contributed by atoms with van der Waals surface area (Å²) >= 11 is 5.35. The Morgan fingerprint density at radius 3 is 1.64 bits per heavy atom. The number of hydrogen-bond acceptors (Lipinski definition) is 4. The van der Waals surface area contributed by atoms with Gasteiger partial charge in [-0.2, -0.15) is 12.6 Å². The van der Waals surface area contributed by atoms with Crippen LogP contribution in [-0.2, 0) is 0 Å². The van der Waals surface area contributed by atoms with Gasteiger partial charge in [0.25, 0.3) is 0 Å². The molecule has 4 fully saturated rings. The predicted molar refractivity (Wildman–Crippen MR) is 200 cm³/mol. The second-order valence-corrected chi connectivity index (χ2v) is 19.6. The molecule has 1 saturated carbocycles. The van der Waals surface area contributed by atoms with Crippen LogP contribution in [-0.4, -0.2) is 50.9 Å². The quantitative estimate of drug-likeness (QED) is 0.293. The molecule has 3 nitrogen and oxygen atoms in total. The summed E-state index contributed by atoms with van der Waals surface area (Å²) in [5.74, 6) is 8.81. The molecule has 4 heteroatoms.